The van der Waals surface area contributed by atoms with E-state index in [0.29, 0.717) is 5.75 Å². The fourth-order valence-electron chi connectivity index (χ4n) is 2.78. The lowest BCUT2D eigenvalue weighted by Gasteiger charge is -2.16. The molecule has 0 heterocycles. The van der Waals surface area contributed by atoms with Gasteiger partial charge in [-0.25, -0.2) is 5.43 Å². The molecular weight excluding hydrogens is 338 g/mol. The maximum Gasteiger partial charge on any atom is 0.262 e. The Morgan fingerprint density at radius 2 is 1.70 bits per heavy atom. The van der Waals surface area contributed by atoms with Crippen molar-refractivity contribution in [3.8, 4) is 5.75 Å². The van der Waals surface area contributed by atoms with Gasteiger partial charge in [-0.1, -0.05) is 48.5 Å². The molecule has 0 saturated carbocycles. The van der Waals surface area contributed by atoms with E-state index in [0.717, 1.165) is 22.3 Å². The molecule has 0 aliphatic carbocycles. The Hall–Kier alpha value is -3.34. The van der Waals surface area contributed by atoms with Crippen LogP contribution in [0.1, 0.15) is 19.4 Å². The van der Waals surface area contributed by atoms with E-state index in [2.05, 4.69) is 40.1 Å². The molecule has 0 aliphatic rings. The molecule has 5 heteroatoms. The molecule has 0 saturated heterocycles. The number of para-hydroxylation sites is 2. The lowest BCUT2D eigenvalue weighted by molar-refractivity contribution is -0.121. The number of carbonyl (C=O) groups is 1. The van der Waals surface area contributed by atoms with Crippen molar-refractivity contribution in [1.82, 2.24) is 5.43 Å². The number of hydrogen-bond acceptors (Lipinski definition) is 4. The van der Waals surface area contributed by atoms with E-state index in [4.69, 9.17) is 4.74 Å². The SMILES string of the molecule is COc1ccccc1N[C@H](C)C(=O)NN=C(C)c1ccc2ccccc2c1. The average molecular weight is 361 g/mol. The number of benzene rings is 3. The van der Waals surface area contributed by atoms with E-state index in [1.807, 2.05) is 49.4 Å². The number of hydrazone groups is 1. The van der Waals surface area contributed by atoms with Crippen LogP contribution in [0.4, 0.5) is 5.69 Å². The normalized spacial score (nSPS) is 12.5. The van der Waals surface area contributed by atoms with Crippen LogP contribution in [-0.4, -0.2) is 24.8 Å². The maximum absolute atomic E-state index is 12.4. The molecule has 2 N–H and O–H groups in total. The number of nitrogens with zero attached hydrogens (tertiary/aromatic N) is 1. The van der Waals surface area contributed by atoms with Crippen LogP contribution in [0.15, 0.2) is 71.8 Å². The Morgan fingerprint density at radius 3 is 2.48 bits per heavy atom. The average Bonchev–Trinajstić information content (AvgIpc) is 2.71. The van der Waals surface area contributed by atoms with Crippen LogP contribution in [-0.2, 0) is 4.79 Å². The monoisotopic (exact) mass is 361 g/mol. The van der Waals surface area contributed by atoms with Crippen LogP contribution >= 0.6 is 0 Å². The highest BCUT2D eigenvalue weighted by Crippen LogP contribution is 2.23. The Balaban J connectivity index is 1.67. The molecule has 0 aliphatic heterocycles. The number of rotatable bonds is 6. The van der Waals surface area contributed by atoms with Crippen LogP contribution in [0.2, 0.25) is 0 Å². The summed E-state index contributed by atoms with van der Waals surface area (Å²) >= 11 is 0. The summed E-state index contributed by atoms with van der Waals surface area (Å²) in [4.78, 5) is 12.4. The highest BCUT2D eigenvalue weighted by molar-refractivity contribution is 6.02. The fourth-order valence-corrected chi connectivity index (χ4v) is 2.78. The van der Waals surface area contributed by atoms with Crippen molar-refractivity contribution < 1.29 is 9.53 Å². The molecule has 0 fully saturated rings. The van der Waals surface area contributed by atoms with Crippen molar-refractivity contribution in [1.29, 1.82) is 0 Å². The van der Waals surface area contributed by atoms with Gasteiger partial charge in [0.15, 0.2) is 0 Å². The van der Waals surface area contributed by atoms with Crippen molar-refractivity contribution in [3.63, 3.8) is 0 Å². The quantitative estimate of drug-likeness (QED) is 0.511. The van der Waals surface area contributed by atoms with E-state index in [9.17, 15) is 4.79 Å². The molecule has 0 bridgehead atoms. The second-order valence-electron chi connectivity index (χ2n) is 6.30. The molecule has 0 radical (unpaired) electrons. The summed E-state index contributed by atoms with van der Waals surface area (Å²) in [7, 11) is 1.60. The predicted octanol–water partition coefficient (Wildman–Crippen LogP) is 4.19. The van der Waals surface area contributed by atoms with E-state index < -0.39 is 6.04 Å². The molecule has 0 unspecified atom stereocenters. The number of anilines is 1. The molecule has 5 nitrogen and oxygen atoms in total. The first-order chi connectivity index (χ1) is 13.1. The first-order valence-electron chi connectivity index (χ1n) is 8.81. The van der Waals surface area contributed by atoms with Gasteiger partial charge in [0.05, 0.1) is 18.5 Å². The number of ether oxygens (including phenoxy) is 1. The van der Waals surface area contributed by atoms with Gasteiger partial charge in [-0.15, -0.1) is 0 Å². The zero-order chi connectivity index (χ0) is 19.2. The van der Waals surface area contributed by atoms with Gasteiger partial charge < -0.3 is 10.1 Å². The van der Waals surface area contributed by atoms with Crippen molar-refractivity contribution in [3.05, 3.63) is 72.3 Å². The summed E-state index contributed by atoms with van der Waals surface area (Å²) in [5.74, 6) is 0.467. The standard InChI is InChI=1S/C22H23N3O2/c1-15(18-13-12-17-8-4-5-9-19(17)14-18)24-25-22(26)16(2)23-20-10-6-7-11-21(20)27-3/h4-14,16,23H,1-3H3,(H,25,26)/t16-/m1/s1. The molecule has 1 atom stereocenters. The van der Waals surface area contributed by atoms with Gasteiger partial charge in [-0.05, 0) is 48.4 Å². The summed E-state index contributed by atoms with van der Waals surface area (Å²) in [6, 6.07) is 21.3. The van der Waals surface area contributed by atoms with Crippen LogP contribution in [0.25, 0.3) is 10.8 Å². The van der Waals surface area contributed by atoms with E-state index in [1.165, 1.54) is 5.39 Å². The summed E-state index contributed by atoms with van der Waals surface area (Å²) in [5, 5.41) is 9.71. The van der Waals surface area contributed by atoms with Crippen molar-refractivity contribution in [2.75, 3.05) is 12.4 Å². The first kappa shape index (κ1) is 18.5. The number of fused-ring (bicyclic) bond motifs is 1. The molecule has 3 rings (SSSR count). The van der Waals surface area contributed by atoms with Gasteiger partial charge in [-0.3, -0.25) is 4.79 Å². The summed E-state index contributed by atoms with van der Waals surface area (Å²) in [6.45, 7) is 3.66. The van der Waals surface area contributed by atoms with Crippen molar-refractivity contribution in [2.24, 2.45) is 5.10 Å². The summed E-state index contributed by atoms with van der Waals surface area (Å²) < 4.78 is 5.30. The lowest BCUT2D eigenvalue weighted by atomic mass is 10.0. The van der Waals surface area contributed by atoms with Crippen molar-refractivity contribution >= 4 is 28.1 Å². The first-order valence-corrected chi connectivity index (χ1v) is 8.81. The van der Waals surface area contributed by atoms with Gasteiger partial charge in [0.2, 0.25) is 0 Å². The molecule has 3 aromatic carbocycles. The molecule has 3 aromatic rings. The van der Waals surface area contributed by atoms with Gasteiger partial charge in [0.1, 0.15) is 11.8 Å². The smallest absolute Gasteiger partial charge is 0.262 e. The topological polar surface area (TPSA) is 62.7 Å². The maximum atomic E-state index is 12.4. The molecule has 0 aromatic heterocycles. The number of methoxy groups -OCH3 is 1. The van der Waals surface area contributed by atoms with Gasteiger partial charge >= 0.3 is 0 Å². The Bertz CT molecular complexity index is 982. The third-order valence-corrected chi connectivity index (χ3v) is 4.37. The Kier molecular flexibility index (Phi) is 5.71. The summed E-state index contributed by atoms with van der Waals surface area (Å²) in [6.07, 6.45) is 0. The van der Waals surface area contributed by atoms with Gasteiger partial charge in [-0.2, -0.15) is 5.10 Å². The Labute approximate surface area is 159 Å². The number of amides is 1. The molecule has 27 heavy (non-hydrogen) atoms. The second-order valence-corrected chi connectivity index (χ2v) is 6.30. The van der Waals surface area contributed by atoms with E-state index in [-0.39, 0.29) is 5.91 Å². The third-order valence-electron chi connectivity index (χ3n) is 4.37. The minimum absolute atomic E-state index is 0.221. The van der Waals surface area contributed by atoms with Gasteiger partial charge in [0.25, 0.3) is 5.91 Å². The predicted molar refractivity (Wildman–Crippen MR) is 110 cm³/mol. The molecule has 138 valence electrons. The zero-order valence-electron chi connectivity index (χ0n) is 15.7. The van der Waals surface area contributed by atoms with E-state index >= 15 is 0 Å². The van der Waals surface area contributed by atoms with Crippen LogP contribution < -0.4 is 15.5 Å². The largest absolute Gasteiger partial charge is 0.495 e. The number of nitrogens with one attached hydrogen (secondary N) is 2. The number of hydrogen-bond donors (Lipinski definition) is 2. The second kappa shape index (κ2) is 8.36. The van der Waals surface area contributed by atoms with E-state index in [1.54, 1.807) is 14.0 Å². The van der Waals surface area contributed by atoms with Crippen LogP contribution in [0, 0.1) is 0 Å². The Morgan fingerprint density at radius 1 is 1.00 bits per heavy atom. The summed E-state index contributed by atoms with van der Waals surface area (Å²) in [5.41, 5.74) is 5.11. The lowest BCUT2D eigenvalue weighted by Crippen LogP contribution is -2.35. The fraction of sp³-hybridized carbons (Fsp3) is 0.182. The molecular formula is C22H23N3O2. The van der Waals surface area contributed by atoms with Crippen molar-refractivity contribution in [2.45, 2.75) is 19.9 Å². The highest BCUT2D eigenvalue weighted by atomic mass is 16.5. The van der Waals surface area contributed by atoms with Crippen LogP contribution in [0.5, 0.6) is 5.75 Å². The highest BCUT2D eigenvalue weighted by Gasteiger charge is 2.14. The minimum Gasteiger partial charge on any atom is -0.495 e. The number of carbonyl (C=O) groups excluding carboxylic acids is 1. The zero-order valence-corrected chi connectivity index (χ0v) is 15.7. The minimum atomic E-state index is -0.463. The van der Waals surface area contributed by atoms with Gasteiger partial charge in [0, 0.05) is 0 Å². The third kappa shape index (κ3) is 4.44. The molecule has 0 spiro atoms. The van der Waals surface area contributed by atoms with Crippen LogP contribution in [0.3, 0.4) is 0 Å². The molecule has 1 amide bonds.